The SMILES string of the molecule is Cl.Cl.Nc1ccc(CC(=O)N2CCCC(Cn3cncn3)C2)cc1. The Morgan fingerprint density at radius 1 is 1.25 bits per heavy atom. The number of carbonyl (C=O) groups excluding carboxylic acids is 1. The van der Waals surface area contributed by atoms with Crippen molar-refractivity contribution >= 4 is 36.4 Å². The number of amides is 1. The Balaban J connectivity index is 0.00000144. The van der Waals surface area contributed by atoms with Crippen LogP contribution in [-0.2, 0) is 17.8 Å². The Bertz CT molecular complexity index is 618. The second-order valence-electron chi connectivity index (χ2n) is 5.88. The highest BCUT2D eigenvalue weighted by Crippen LogP contribution is 2.19. The van der Waals surface area contributed by atoms with Gasteiger partial charge in [-0.25, -0.2) is 4.98 Å². The van der Waals surface area contributed by atoms with Gasteiger partial charge in [0.25, 0.3) is 0 Å². The predicted molar refractivity (Wildman–Crippen MR) is 98.4 cm³/mol. The average molecular weight is 372 g/mol. The number of benzene rings is 1. The van der Waals surface area contributed by atoms with Gasteiger partial charge in [0.05, 0.1) is 6.42 Å². The lowest BCUT2D eigenvalue weighted by molar-refractivity contribution is -0.132. The molecule has 3 rings (SSSR count). The summed E-state index contributed by atoms with van der Waals surface area (Å²) in [4.78, 5) is 18.4. The average Bonchev–Trinajstić information content (AvgIpc) is 3.03. The molecule has 0 spiro atoms. The first-order valence-electron chi connectivity index (χ1n) is 7.65. The number of carbonyl (C=O) groups is 1. The number of hydrogen-bond donors (Lipinski definition) is 1. The first kappa shape index (κ1) is 20.3. The Kier molecular flexibility index (Phi) is 8.01. The number of halogens is 2. The first-order chi connectivity index (χ1) is 10.7. The molecule has 1 aliphatic rings. The summed E-state index contributed by atoms with van der Waals surface area (Å²) >= 11 is 0. The van der Waals surface area contributed by atoms with E-state index in [4.69, 9.17) is 5.73 Å². The molecule has 1 fully saturated rings. The van der Waals surface area contributed by atoms with Crippen molar-refractivity contribution in [3.8, 4) is 0 Å². The van der Waals surface area contributed by atoms with Gasteiger partial charge < -0.3 is 10.6 Å². The van der Waals surface area contributed by atoms with Crippen LogP contribution in [0.2, 0.25) is 0 Å². The molecule has 8 heteroatoms. The molecule has 1 unspecified atom stereocenters. The van der Waals surface area contributed by atoms with Crippen LogP contribution >= 0.6 is 24.8 Å². The molecular weight excluding hydrogens is 349 g/mol. The van der Waals surface area contributed by atoms with E-state index in [9.17, 15) is 4.79 Å². The normalized spacial score (nSPS) is 16.8. The van der Waals surface area contributed by atoms with Gasteiger partial charge in [-0.1, -0.05) is 12.1 Å². The van der Waals surface area contributed by atoms with Crippen LogP contribution < -0.4 is 5.73 Å². The van der Waals surface area contributed by atoms with Crippen LogP contribution in [0.15, 0.2) is 36.9 Å². The number of hydrogen-bond acceptors (Lipinski definition) is 4. The van der Waals surface area contributed by atoms with Gasteiger partial charge >= 0.3 is 0 Å². The van der Waals surface area contributed by atoms with Crippen LogP contribution in [0.3, 0.4) is 0 Å². The maximum Gasteiger partial charge on any atom is 0.226 e. The monoisotopic (exact) mass is 371 g/mol. The first-order valence-corrected chi connectivity index (χ1v) is 7.65. The van der Waals surface area contributed by atoms with Gasteiger partial charge in [-0.3, -0.25) is 9.48 Å². The van der Waals surface area contributed by atoms with Crippen molar-refractivity contribution in [3.63, 3.8) is 0 Å². The Labute approximate surface area is 154 Å². The minimum Gasteiger partial charge on any atom is -0.399 e. The van der Waals surface area contributed by atoms with Crippen molar-refractivity contribution in [2.75, 3.05) is 18.8 Å². The van der Waals surface area contributed by atoms with Crippen molar-refractivity contribution in [3.05, 3.63) is 42.5 Å². The molecule has 0 saturated carbocycles. The van der Waals surface area contributed by atoms with Crippen molar-refractivity contribution in [1.29, 1.82) is 0 Å². The summed E-state index contributed by atoms with van der Waals surface area (Å²) < 4.78 is 1.85. The molecule has 1 aliphatic heterocycles. The van der Waals surface area contributed by atoms with Gasteiger partial charge in [-0.15, -0.1) is 24.8 Å². The van der Waals surface area contributed by atoms with E-state index in [1.165, 1.54) is 0 Å². The van der Waals surface area contributed by atoms with Crippen molar-refractivity contribution in [2.45, 2.75) is 25.8 Å². The van der Waals surface area contributed by atoms with E-state index in [1.54, 1.807) is 12.7 Å². The zero-order valence-electron chi connectivity index (χ0n) is 13.4. The van der Waals surface area contributed by atoms with Gasteiger partial charge in [-0.2, -0.15) is 5.10 Å². The summed E-state index contributed by atoms with van der Waals surface area (Å²) in [5, 5.41) is 4.15. The van der Waals surface area contributed by atoms with Crippen molar-refractivity contribution < 1.29 is 4.79 Å². The summed E-state index contributed by atoms with van der Waals surface area (Å²) in [6, 6.07) is 7.52. The molecule has 1 saturated heterocycles. The fourth-order valence-corrected chi connectivity index (χ4v) is 2.95. The smallest absolute Gasteiger partial charge is 0.226 e. The lowest BCUT2D eigenvalue weighted by Crippen LogP contribution is -2.41. The zero-order valence-corrected chi connectivity index (χ0v) is 15.0. The van der Waals surface area contributed by atoms with Crippen LogP contribution in [0.1, 0.15) is 18.4 Å². The quantitative estimate of drug-likeness (QED) is 0.835. The van der Waals surface area contributed by atoms with E-state index in [-0.39, 0.29) is 30.7 Å². The topological polar surface area (TPSA) is 77.0 Å². The van der Waals surface area contributed by atoms with Crippen LogP contribution in [0, 0.1) is 5.92 Å². The summed E-state index contributed by atoms with van der Waals surface area (Å²) in [5.74, 6) is 0.638. The minimum atomic E-state index is 0. The van der Waals surface area contributed by atoms with Gasteiger partial charge in [0.15, 0.2) is 0 Å². The van der Waals surface area contributed by atoms with Crippen LogP contribution in [0.25, 0.3) is 0 Å². The van der Waals surface area contributed by atoms with E-state index >= 15 is 0 Å². The maximum atomic E-state index is 12.5. The molecule has 1 atom stereocenters. The van der Waals surface area contributed by atoms with E-state index in [0.717, 1.165) is 43.7 Å². The lowest BCUT2D eigenvalue weighted by atomic mass is 9.97. The third-order valence-corrected chi connectivity index (χ3v) is 4.12. The van der Waals surface area contributed by atoms with Crippen LogP contribution in [0.4, 0.5) is 5.69 Å². The highest BCUT2D eigenvalue weighted by molar-refractivity contribution is 5.85. The molecule has 0 aliphatic carbocycles. The summed E-state index contributed by atoms with van der Waals surface area (Å²) in [6.07, 6.45) is 5.90. The maximum absolute atomic E-state index is 12.5. The fraction of sp³-hybridized carbons (Fsp3) is 0.438. The number of aromatic nitrogens is 3. The van der Waals surface area contributed by atoms with Crippen LogP contribution in [0.5, 0.6) is 0 Å². The molecule has 0 radical (unpaired) electrons. The fourth-order valence-electron chi connectivity index (χ4n) is 2.95. The molecular formula is C16H23Cl2N5O. The number of piperidine rings is 1. The Morgan fingerprint density at radius 2 is 2.00 bits per heavy atom. The number of rotatable bonds is 4. The molecule has 132 valence electrons. The standard InChI is InChI=1S/C16H21N5O.2ClH/c17-15-5-3-13(4-6-15)8-16(22)20-7-1-2-14(9-20)10-21-12-18-11-19-21;;/h3-6,11-12,14H,1-2,7-10,17H2;2*1H. The number of likely N-dealkylation sites (tertiary alicyclic amines) is 1. The van der Waals surface area contributed by atoms with Gasteiger partial charge in [-0.05, 0) is 36.5 Å². The number of anilines is 1. The van der Waals surface area contributed by atoms with Gasteiger partial charge in [0.2, 0.25) is 5.91 Å². The molecule has 2 heterocycles. The van der Waals surface area contributed by atoms with Crippen molar-refractivity contribution in [2.24, 2.45) is 5.92 Å². The van der Waals surface area contributed by atoms with Gasteiger partial charge in [0, 0.05) is 25.3 Å². The molecule has 2 aromatic rings. The second kappa shape index (κ2) is 9.49. The minimum absolute atomic E-state index is 0. The van der Waals surface area contributed by atoms with Crippen LogP contribution in [-0.4, -0.2) is 38.7 Å². The lowest BCUT2D eigenvalue weighted by Gasteiger charge is -2.32. The number of nitrogen functional groups attached to an aromatic ring is 1. The number of nitrogens with two attached hydrogens (primary N) is 1. The summed E-state index contributed by atoms with van der Waals surface area (Å²) in [7, 11) is 0. The molecule has 0 bridgehead atoms. The number of nitrogens with zero attached hydrogens (tertiary/aromatic N) is 4. The largest absolute Gasteiger partial charge is 0.399 e. The highest BCUT2D eigenvalue weighted by Gasteiger charge is 2.24. The highest BCUT2D eigenvalue weighted by atomic mass is 35.5. The van der Waals surface area contributed by atoms with E-state index in [0.29, 0.717) is 12.3 Å². The molecule has 2 N–H and O–H groups in total. The molecule has 1 aromatic heterocycles. The van der Waals surface area contributed by atoms with Crippen molar-refractivity contribution in [1.82, 2.24) is 19.7 Å². The van der Waals surface area contributed by atoms with E-state index < -0.39 is 0 Å². The summed E-state index contributed by atoms with van der Waals surface area (Å²) in [5.41, 5.74) is 7.41. The Morgan fingerprint density at radius 3 is 2.67 bits per heavy atom. The molecule has 6 nitrogen and oxygen atoms in total. The Hall–Kier alpha value is -1.79. The second-order valence-corrected chi connectivity index (χ2v) is 5.88. The molecule has 24 heavy (non-hydrogen) atoms. The summed E-state index contributed by atoms with van der Waals surface area (Å²) in [6.45, 7) is 2.47. The zero-order chi connectivity index (χ0) is 15.4. The predicted octanol–water partition coefficient (Wildman–Crippen LogP) is 2.19. The van der Waals surface area contributed by atoms with E-state index in [2.05, 4.69) is 10.1 Å². The third-order valence-electron chi connectivity index (χ3n) is 4.12. The van der Waals surface area contributed by atoms with E-state index in [1.807, 2.05) is 33.8 Å². The molecule has 1 amide bonds. The molecule has 1 aromatic carbocycles. The third kappa shape index (κ3) is 5.39. The van der Waals surface area contributed by atoms with Gasteiger partial charge in [0.1, 0.15) is 12.7 Å².